The number of likely N-dealkylation sites (tertiary alicyclic amines) is 1. The standard InChI is InChI=1S/C25H21NO7/c1-30-17-7-4-15(5-8-17)22-21(24(28)25(29)26(22)14-18-3-2-10-31-18)23(27)16-6-9-19-20(13-16)33-12-11-32-19/h2-10,13,22,27H,11-12,14H2,1H3/b23-21+/t22-/m0/s1. The van der Waals surface area contributed by atoms with Crippen LogP contribution in [0.3, 0.4) is 0 Å². The molecule has 0 unspecified atom stereocenters. The molecule has 1 aromatic heterocycles. The lowest BCUT2D eigenvalue weighted by atomic mass is 9.95. The van der Waals surface area contributed by atoms with E-state index in [0.717, 1.165) is 0 Å². The first-order valence-corrected chi connectivity index (χ1v) is 10.4. The average Bonchev–Trinajstić information content (AvgIpc) is 3.46. The number of rotatable bonds is 5. The second-order valence-electron chi connectivity index (χ2n) is 7.64. The predicted molar refractivity (Wildman–Crippen MR) is 117 cm³/mol. The number of ether oxygens (including phenoxy) is 3. The molecule has 0 spiro atoms. The maximum absolute atomic E-state index is 13.1. The topological polar surface area (TPSA) is 98.4 Å². The van der Waals surface area contributed by atoms with Gasteiger partial charge in [0.2, 0.25) is 0 Å². The minimum Gasteiger partial charge on any atom is -0.507 e. The first-order valence-electron chi connectivity index (χ1n) is 10.4. The van der Waals surface area contributed by atoms with Crippen molar-refractivity contribution in [2.45, 2.75) is 12.6 Å². The van der Waals surface area contributed by atoms with E-state index < -0.39 is 17.7 Å². The third-order valence-corrected chi connectivity index (χ3v) is 5.69. The van der Waals surface area contributed by atoms with Crippen LogP contribution in [-0.2, 0) is 16.1 Å². The van der Waals surface area contributed by atoms with Crippen LogP contribution in [0.2, 0.25) is 0 Å². The summed E-state index contributed by atoms with van der Waals surface area (Å²) in [7, 11) is 1.56. The molecule has 8 nitrogen and oxygen atoms in total. The van der Waals surface area contributed by atoms with Crippen LogP contribution in [0.5, 0.6) is 17.2 Å². The van der Waals surface area contributed by atoms with Crippen LogP contribution in [0.25, 0.3) is 5.76 Å². The molecule has 3 heterocycles. The predicted octanol–water partition coefficient (Wildman–Crippen LogP) is 3.68. The van der Waals surface area contributed by atoms with Crippen LogP contribution in [0.1, 0.15) is 22.9 Å². The molecule has 33 heavy (non-hydrogen) atoms. The number of furan rings is 1. The number of hydrogen-bond donors (Lipinski definition) is 1. The van der Waals surface area contributed by atoms with E-state index in [0.29, 0.717) is 47.3 Å². The average molecular weight is 447 g/mol. The molecule has 2 aromatic carbocycles. The van der Waals surface area contributed by atoms with Crippen molar-refractivity contribution < 1.29 is 33.3 Å². The van der Waals surface area contributed by atoms with Crippen molar-refractivity contribution in [1.29, 1.82) is 0 Å². The van der Waals surface area contributed by atoms with Gasteiger partial charge in [0, 0.05) is 5.56 Å². The molecule has 5 rings (SSSR count). The molecule has 1 saturated heterocycles. The number of amides is 1. The molecule has 1 atom stereocenters. The van der Waals surface area contributed by atoms with Crippen molar-refractivity contribution in [3.8, 4) is 17.2 Å². The summed E-state index contributed by atoms with van der Waals surface area (Å²) < 4.78 is 21.8. The third kappa shape index (κ3) is 3.69. The molecule has 168 valence electrons. The largest absolute Gasteiger partial charge is 0.507 e. The molecule has 1 fully saturated rings. The molecule has 2 aliphatic rings. The van der Waals surface area contributed by atoms with E-state index in [1.54, 1.807) is 61.7 Å². The Hall–Kier alpha value is -4.20. The minimum atomic E-state index is -0.811. The van der Waals surface area contributed by atoms with Gasteiger partial charge in [0.1, 0.15) is 30.5 Å². The number of hydrogen-bond acceptors (Lipinski definition) is 7. The van der Waals surface area contributed by atoms with E-state index in [-0.39, 0.29) is 17.9 Å². The molecule has 2 aliphatic heterocycles. The second kappa shape index (κ2) is 8.38. The SMILES string of the molecule is COc1ccc([C@H]2/C(=C(\O)c3ccc4c(c3)OCCO4)C(=O)C(=O)N2Cc2ccco2)cc1. The molecular formula is C25H21NO7. The van der Waals surface area contributed by atoms with Crippen LogP contribution >= 0.6 is 0 Å². The number of fused-ring (bicyclic) bond motifs is 1. The first kappa shape index (κ1) is 20.7. The summed E-state index contributed by atoms with van der Waals surface area (Å²) in [5, 5.41) is 11.2. The zero-order valence-corrected chi connectivity index (χ0v) is 17.8. The highest BCUT2D eigenvalue weighted by molar-refractivity contribution is 6.46. The van der Waals surface area contributed by atoms with Crippen LogP contribution < -0.4 is 14.2 Å². The van der Waals surface area contributed by atoms with Gasteiger partial charge in [-0.2, -0.15) is 0 Å². The number of nitrogens with zero attached hydrogens (tertiary/aromatic N) is 1. The summed E-state index contributed by atoms with van der Waals surface area (Å²) in [5.74, 6) is 0.413. The number of aliphatic hydroxyl groups excluding tert-OH is 1. The van der Waals surface area contributed by atoms with Gasteiger partial charge in [-0.25, -0.2) is 0 Å². The van der Waals surface area contributed by atoms with Gasteiger partial charge in [-0.3, -0.25) is 9.59 Å². The van der Waals surface area contributed by atoms with Crippen LogP contribution in [0.15, 0.2) is 70.9 Å². The number of methoxy groups -OCH3 is 1. The molecule has 0 bridgehead atoms. The van der Waals surface area contributed by atoms with Crippen LogP contribution in [-0.4, -0.2) is 42.0 Å². The molecule has 3 aromatic rings. The zero-order valence-electron chi connectivity index (χ0n) is 17.8. The van der Waals surface area contributed by atoms with E-state index in [4.69, 9.17) is 18.6 Å². The normalized spacial score (nSPS) is 19.1. The molecule has 0 saturated carbocycles. The van der Waals surface area contributed by atoms with Gasteiger partial charge < -0.3 is 28.6 Å². The second-order valence-corrected chi connectivity index (χ2v) is 7.64. The van der Waals surface area contributed by atoms with Crippen LogP contribution in [0, 0.1) is 0 Å². The maximum atomic E-state index is 13.1. The molecule has 1 amide bonds. The minimum absolute atomic E-state index is 0.00611. The maximum Gasteiger partial charge on any atom is 0.296 e. The number of carbonyl (C=O) groups is 2. The van der Waals surface area contributed by atoms with Gasteiger partial charge in [-0.1, -0.05) is 12.1 Å². The molecular weight excluding hydrogens is 426 g/mol. The lowest BCUT2D eigenvalue weighted by Crippen LogP contribution is -2.29. The van der Waals surface area contributed by atoms with Crippen LogP contribution in [0.4, 0.5) is 0 Å². The highest BCUT2D eigenvalue weighted by atomic mass is 16.6. The summed E-state index contributed by atoms with van der Waals surface area (Å²) in [6, 6.07) is 14.6. The third-order valence-electron chi connectivity index (χ3n) is 5.69. The fraction of sp³-hybridized carbons (Fsp3) is 0.200. The van der Waals surface area contributed by atoms with Crippen molar-refractivity contribution in [2.75, 3.05) is 20.3 Å². The molecule has 1 N–H and O–H groups in total. The van der Waals surface area contributed by atoms with Crippen molar-refractivity contribution in [1.82, 2.24) is 4.90 Å². The number of carbonyl (C=O) groups excluding carboxylic acids is 2. The Morgan fingerprint density at radius 2 is 1.82 bits per heavy atom. The smallest absolute Gasteiger partial charge is 0.296 e. The van der Waals surface area contributed by atoms with Crippen molar-refractivity contribution in [3.63, 3.8) is 0 Å². The fourth-order valence-corrected chi connectivity index (χ4v) is 4.09. The Labute approximate surface area is 189 Å². The van der Waals surface area contributed by atoms with E-state index in [2.05, 4.69) is 0 Å². The number of ketones is 1. The van der Waals surface area contributed by atoms with Crippen molar-refractivity contribution in [3.05, 3.63) is 83.3 Å². The van der Waals surface area contributed by atoms with Crippen molar-refractivity contribution >= 4 is 17.4 Å². The summed E-state index contributed by atoms with van der Waals surface area (Å²) in [6.07, 6.45) is 1.50. The van der Waals surface area contributed by atoms with E-state index in [1.165, 1.54) is 11.2 Å². The van der Waals surface area contributed by atoms with E-state index in [1.807, 2.05) is 0 Å². The summed E-state index contributed by atoms with van der Waals surface area (Å²) >= 11 is 0. The van der Waals surface area contributed by atoms with Gasteiger partial charge in [0.05, 0.1) is 31.5 Å². The van der Waals surface area contributed by atoms with Crippen molar-refractivity contribution in [2.24, 2.45) is 0 Å². The van der Waals surface area contributed by atoms with Gasteiger partial charge in [-0.15, -0.1) is 0 Å². The zero-order chi connectivity index (χ0) is 22.9. The quantitative estimate of drug-likeness (QED) is 0.362. The van der Waals surface area contributed by atoms with E-state index >= 15 is 0 Å². The molecule has 0 radical (unpaired) electrons. The number of benzene rings is 2. The number of Topliss-reactive ketones (excluding diaryl/α,β-unsaturated/α-hetero) is 1. The fourth-order valence-electron chi connectivity index (χ4n) is 4.09. The monoisotopic (exact) mass is 447 g/mol. The van der Waals surface area contributed by atoms with Gasteiger partial charge >= 0.3 is 0 Å². The Bertz CT molecular complexity index is 1230. The highest BCUT2D eigenvalue weighted by Gasteiger charge is 2.46. The summed E-state index contributed by atoms with van der Waals surface area (Å²) in [5.41, 5.74) is 1.00. The Morgan fingerprint density at radius 3 is 2.52 bits per heavy atom. The van der Waals surface area contributed by atoms with E-state index in [9.17, 15) is 14.7 Å². The van der Waals surface area contributed by atoms with Gasteiger partial charge in [0.15, 0.2) is 11.5 Å². The molecule has 0 aliphatic carbocycles. The highest BCUT2D eigenvalue weighted by Crippen LogP contribution is 2.42. The van der Waals surface area contributed by atoms with Gasteiger partial charge in [0.25, 0.3) is 11.7 Å². The number of aliphatic hydroxyl groups is 1. The summed E-state index contributed by atoms with van der Waals surface area (Å²) in [4.78, 5) is 27.6. The Balaban J connectivity index is 1.62. The Kier molecular flexibility index (Phi) is 5.26. The lowest BCUT2D eigenvalue weighted by molar-refractivity contribution is -0.140. The lowest BCUT2D eigenvalue weighted by Gasteiger charge is -2.25. The Morgan fingerprint density at radius 1 is 1.06 bits per heavy atom. The van der Waals surface area contributed by atoms with Gasteiger partial charge in [-0.05, 0) is 48.0 Å². The first-order chi connectivity index (χ1) is 16.1. The summed E-state index contributed by atoms with van der Waals surface area (Å²) in [6.45, 7) is 0.899. The molecule has 8 heteroatoms.